The van der Waals surface area contributed by atoms with E-state index in [1.807, 2.05) is 36.8 Å². The van der Waals surface area contributed by atoms with Crippen LogP contribution in [0, 0.1) is 0 Å². The van der Waals surface area contributed by atoms with E-state index in [9.17, 15) is 0 Å². The third kappa shape index (κ3) is 6.74. The Bertz CT molecular complexity index is 1880. The van der Waals surface area contributed by atoms with Gasteiger partial charge < -0.3 is 0 Å². The third-order valence-corrected chi connectivity index (χ3v) is 8.98. The molecule has 0 saturated heterocycles. The summed E-state index contributed by atoms with van der Waals surface area (Å²) in [4.78, 5) is 13.1. The minimum absolute atomic E-state index is 1.01. The van der Waals surface area contributed by atoms with Gasteiger partial charge in [0.15, 0.2) is 0 Å². The van der Waals surface area contributed by atoms with Gasteiger partial charge in [-0.05, 0) is 141 Å². The Balaban J connectivity index is 1.44. The number of hydrogen-bond donors (Lipinski definition) is 0. The Labute approximate surface area is 287 Å². The zero-order valence-corrected chi connectivity index (χ0v) is 28.6. The van der Waals surface area contributed by atoms with E-state index >= 15 is 0 Å². The van der Waals surface area contributed by atoms with E-state index < -0.39 is 0 Å². The molecule has 0 aliphatic carbocycles. The van der Waals surface area contributed by atoms with Crippen molar-refractivity contribution in [1.82, 2.24) is 15.0 Å². The second-order valence-electron chi connectivity index (χ2n) is 10.7. The quantitative estimate of drug-likeness (QED) is 0.169. The molecule has 3 aromatic heterocycles. The summed E-state index contributed by atoms with van der Waals surface area (Å²) >= 11 is 11.3. The molecule has 6 heteroatoms. The predicted octanol–water partition coefficient (Wildman–Crippen LogP) is 12.2. The van der Waals surface area contributed by atoms with Gasteiger partial charge in [0.05, 0.1) is 0 Å². The second-order valence-corrected chi connectivity index (χ2v) is 13.5. The van der Waals surface area contributed by atoms with Crippen LogP contribution in [0.4, 0.5) is 0 Å². The second kappa shape index (κ2) is 13.0. The summed E-state index contributed by atoms with van der Waals surface area (Å²) < 4.78 is 3.02. The monoisotopic (exact) mass is 771 g/mol. The first-order valence-electron chi connectivity index (χ1n) is 14.3. The number of rotatable bonds is 6. The van der Waals surface area contributed by atoms with Crippen LogP contribution in [0.3, 0.4) is 0 Å². The molecule has 45 heavy (non-hydrogen) atoms. The summed E-state index contributed by atoms with van der Waals surface area (Å²) in [6.07, 6.45) is 11.1. The normalized spacial score (nSPS) is 11.0. The highest BCUT2D eigenvalue weighted by molar-refractivity contribution is 9.11. The molecule has 0 amide bonds. The zero-order valence-electron chi connectivity index (χ0n) is 23.8. The van der Waals surface area contributed by atoms with Crippen LogP contribution in [0.5, 0.6) is 0 Å². The van der Waals surface area contributed by atoms with E-state index in [1.54, 1.807) is 18.6 Å². The van der Waals surface area contributed by atoms with E-state index in [4.69, 9.17) is 0 Å². The van der Waals surface area contributed by atoms with E-state index in [1.165, 1.54) is 0 Å². The molecule has 3 nitrogen and oxygen atoms in total. The van der Waals surface area contributed by atoms with Gasteiger partial charge in [0, 0.05) is 67.3 Å². The number of halogens is 3. The van der Waals surface area contributed by atoms with Gasteiger partial charge in [0.1, 0.15) is 0 Å². The number of aromatic nitrogens is 3. The van der Waals surface area contributed by atoms with Gasteiger partial charge in [-0.3, -0.25) is 15.0 Å². The summed E-state index contributed by atoms with van der Waals surface area (Å²) in [5.74, 6) is 0. The molecule has 216 valence electrons. The number of nitrogens with zero attached hydrogens (tertiary/aromatic N) is 3. The zero-order chi connectivity index (χ0) is 30.8. The largest absolute Gasteiger partial charge is 0.264 e. The van der Waals surface area contributed by atoms with Crippen LogP contribution in [0.1, 0.15) is 0 Å². The Morgan fingerprint density at radius 2 is 0.511 bits per heavy atom. The molecule has 4 aromatic carbocycles. The summed E-state index contributed by atoms with van der Waals surface area (Å²) in [5, 5.41) is 0. The number of pyridine rings is 3. The van der Waals surface area contributed by atoms with Crippen LogP contribution in [0.25, 0.3) is 66.8 Å². The van der Waals surface area contributed by atoms with Gasteiger partial charge in [0.25, 0.3) is 0 Å². The topological polar surface area (TPSA) is 38.7 Å². The van der Waals surface area contributed by atoms with Crippen molar-refractivity contribution in [2.24, 2.45) is 0 Å². The van der Waals surface area contributed by atoms with E-state index in [0.717, 1.165) is 80.2 Å². The molecule has 0 unspecified atom stereocenters. The Kier molecular flexibility index (Phi) is 8.53. The maximum Gasteiger partial charge on any atom is 0.0346 e. The van der Waals surface area contributed by atoms with Gasteiger partial charge in [-0.15, -0.1) is 0 Å². The van der Waals surface area contributed by atoms with Gasteiger partial charge in [-0.1, -0.05) is 66.0 Å². The summed E-state index contributed by atoms with van der Waals surface area (Å²) in [5.41, 5.74) is 13.2. The van der Waals surface area contributed by atoms with Crippen molar-refractivity contribution < 1.29 is 0 Å². The Hall–Kier alpha value is -4.23. The molecule has 0 fully saturated rings. The average Bonchev–Trinajstić information content (AvgIpc) is 3.08. The minimum Gasteiger partial charge on any atom is -0.264 e. The molecule has 0 bridgehead atoms. The molecule has 0 spiro atoms. The van der Waals surface area contributed by atoms with E-state index in [0.29, 0.717) is 0 Å². The number of benzene rings is 4. The summed E-state index contributed by atoms with van der Waals surface area (Å²) in [6.45, 7) is 0. The van der Waals surface area contributed by atoms with E-state index in [2.05, 4.69) is 154 Å². The van der Waals surface area contributed by atoms with Crippen molar-refractivity contribution in [2.75, 3.05) is 0 Å². The maximum absolute atomic E-state index is 4.35. The fourth-order valence-corrected chi connectivity index (χ4v) is 6.98. The fraction of sp³-hybridized carbons (Fsp3) is 0. The van der Waals surface area contributed by atoms with Gasteiger partial charge in [-0.25, -0.2) is 0 Å². The van der Waals surface area contributed by atoms with Gasteiger partial charge in [-0.2, -0.15) is 0 Å². The molecule has 7 aromatic rings. The third-order valence-electron chi connectivity index (χ3n) is 7.61. The smallest absolute Gasteiger partial charge is 0.0346 e. The highest BCUT2D eigenvalue weighted by Crippen LogP contribution is 2.39. The van der Waals surface area contributed by atoms with Gasteiger partial charge >= 0.3 is 0 Å². The minimum atomic E-state index is 1.01. The van der Waals surface area contributed by atoms with Crippen LogP contribution in [-0.2, 0) is 0 Å². The lowest BCUT2D eigenvalue weighted by Crippen LogP contribution is -1.90. The maximum atomic E-state index is 4.35. The first-order chi connectivity index (χ1) is 22.0. The SMILES string of the molecule is Brc1cc(-c2cccnc2)cc(-c2cc(-c3cc(Br)cc(-c4cccnc4)c3)cc(-c3cc(Br)cc(-c4cccnc4)c3)c2)c1. The molecular formula is C39H24Br3N3. The summed E-state index contributed by atoms with van der Waals surface area (Å²) in [7, 11) is 0. The molecule has 0 N–H and O–H groups in total. The predicted molar refractivity (Wildman–Crippen MR) is 196 cm³/mol. The van der Waals surface area contributed by atoms with E-state index in [-0.39, 0.29) is 0 Å². The van der Waals surface area contributed by atoms with Crippen LogP contribution in [-0.4, -0.2) is 15.0 Å². The molecule has 0 radical (unpaired) electrons. The standard InChI is InChI=1S/C39H24Br3N3/c40-37-16-31(25-4-1-7-43-22-25)13-34(19-37)28-10-29(35-14-32(17-38(41)20-35)26-5-2-8-44-23-26)12-30(11-28)36-15-33(18-39(42)21-36)27-6-3-9-45-24-27/h1-24H. The van der Waals surface area contributed by atoms with Crippen molar-refractivity contribution in [3.63, 3.8) is 0 Å². The van der Waals surface area contributed by atoms with Crippen LogP contribution >= 0.6 is 47.8 Å². The van der Waals surface area contributed by atoms with Crippen LogP contribution in [0.2, 0.25) is 0 Å². The molecule has 0 atom stereocenters. The van der Waals surface area contributed by atoms with Crippen LogP contribution < -0.4 is 0 Å². The molecule has 7 rings (SSSR count). The lowest BCUT2D eigenvalue weighted by atomic mass is 9.90. The van der Waals surface area contributed by atoms with Crippen molar-refractivity contribution in [3.8, 4) is 66.8 Å². The number of hydrogen-bond acceptors (Lipinski definition) is 3. The first-order valence-corrected chi connectivity index (χ1v) is 16.7. The summed E-state index contributed by atoms with van der Waals surface area (Å²) in [6, 6.07) is 38.6. The Morgan fingerprint density at radius 1 is 0.289 bits per heavy atom. The van der Waals surface area contributed by atoms with Crippen molar-refractivity contribution in [2.45, 2.75) is 0 Å². The highest BCUT2D eigenvalue weighted by Gasteiger charge is 2.13. The highest BCUT2D eigenvalue weighted by atomic mass is 79.9. The lowest BCUT2D eigenvalue weighted by Gasteiger charge is -2.15. The van der Waals surface area contributed by atoms with Crippen molar-refractivity contribution in [1.29, 1.82) is 0 Å². The van der Waals surface area contributed by atoms with Crippen molar-refractivity contribution >= 4 is 47.8 Å². The molecule has 0 aliphatic heterocycles. The molecule has 0 saturated carbocycles. The van der Waals surface area contributed by atoms with Crippen molar-refractivity contribution in [3.05, 3.63) is 160 Å². The molecular weight excluding hydrogens is 750 g/mol. The molecule has 0 aliphatic rings. The average molecular weight is 774 g/mol. The van der Waals surface area contributed by atoms with Gasteiger partial charge in [0.2, 0.25) is 0 Å². The molecule has 3 heterocycles. The Morgan fingerprint density at radius 3 is 0.733 bits per heavy atom. The van der Waals surface area contributed by atoms with Crippen LogP contribution in [0.15, 0.2) is 160 Å². The lowest BCUT2D eigenvalue weighted by molar-refractivity contribution is 1.33. The fourth-order valence-electron chi connectivity index (χ4n) is 5.50. The first kappa shape index (κ1) is 29.5.